The predicted octanol–water partition coefficient (Wildman–Crippen LogP) is 3.60. The first-order valence-electron chi connectivity index (χ1n) is 8.60. The molecule has 144 valence electrons. The van der Waals surface area contributed by atoms with Gasteiger partial charge in [0.25, 0.3) is 5.91 Å². The fourth-order valence-corrected chi connectivity index (χ4v) is 2.79. The number of amides is 3. The summed E-state index contributed by atoms with van der Waals surface area (Å²) in [5, 5.41) is 8.14. The van der Waals surface area contributed by atoms with Gasteiger partial charge in [0.2, 0.25) is 0 Å². The molecule has 0 saturated heterocycles. The molecule has 0 spiro atoms. The molecule has 27 heavy (non-hydrogen) atoms. The lowest BCUT2D eigenvalue weighted by molar-refractivity contribution is 0.0954. The van der Waals surface area contributed by atoms with Gasteiger partial charge in [0.15, 0.2) is 0 Å². The molecule has 0 unspecified atom stereocenters. The Bertz CT molecular complexity index is 794. The van der Waals surface area contributed by atoms with Gasteiger partial charge in [-0.1, -0.05) is 48.0 Å². The SMILES string of the molecule is CC(C)(CNC(=O)NCCNC(=O)c1ccc(Br)cc1)c1ccccc1F. The molecule has 0 radical (unpaired) electrons. The molecule has 0 aliphatic carbocycles. The van der Waals surface area contributed by atoms with Gasteiger partial charge in [-0.15, -0.1) is 0 Å². The van der Waals surface area contributed by atoms with Crippen LogP contribution in [0.3, 0.4) is 0 Å². The molecule has 0 heterocycles. The van der Waals surface area contributed by atoms with Crippen LogP contribution >= 0.6 is 15.9 Å². The summed E-state index contributed by atoms with van der Waals surface area (Å²) in [6, 6.07) is 13.2. The Balaban J connectivity index is 1.71. The lowest BCUT2D eigenvalue weighted by Gasteiger charge is -2.26. The first-order valence-corrected chi connectivity index (χ1v) is 9.39. The number of halogens is 2. The molecule has 3 N–H and O–H groups in total. The maximum Gasteiger partial charge on any atom is 0.314 e. The lowest BCUT2D eigenvalue weighted by Crippen LogP contribution is -2.44. The third-order valence-corrected chi connectivity index (χ3v) is 4.63. The predicted molar refractivity (Wildman–Crippen MR) is 107 cm³/mol. The van der Waals surface area contributed by atoms with Crippen molar-refractivity contribution in [1.29, 1.82) is 0 Å². The highest BCUT2D eigenvalue weighted by Gasteiger charge is 2.24. The summed E-state index contributed by atoms with van der Waals surface area (Å²) in [5.41, 5.74) is 0.555. The molecule has 0 aromatic heterocycles. The third-order valence-electron chi connectivity index (χ3n) is 4.10. The van der Waals surface area contributed by atoms with Crippen molar-refractivity contribution in [2.45, 2.75) is 19.3 Å². The zero-order valence-corrected chi connectivity index (χ0v) is 16.9. The van der Waals surface area contributed by atoms with Gasteiger partial charge in [-0.2, -0.15) is 0 Å². The third kappa shape index (κ3) is 6.36. The van der Waals surface area contributed by atoms with Crippen LogP contribution in [0, 0.1) is 5.82 Å². The molecule has 2 rings (SSSR count). The van der Waals surface area contributed by atoms with E-state index < -0.39 is 5.41 Å². The number of carbonyl (C=O) groups is 2. The number of hydrogen-bond donors (Lipinski definition) is 3. The van der Waals surface area contributed by atoms with Crippen molar-refractivity contribution in [3.63, 3.8) is 0 Å². The van der Waals surface area contributed by atoms with Crippen LogP contribution in [-0.2, 0) is 5.41 Å². The highest BCUT2D eigenvalue weighted by atomic mass is 79.9. The minimum Gasteiger partial charge on any atom is -0.350 e. The van der Waals surface area contributed by atoms with Gasteiger partial charge in [-0.3, -0.25) is 4.79 Å². The Morgan fingerprint density at radius 2 is 1.59 bits per heavy atom. The van der Waals surface area contributed by atoms with E-state index in [9.17, 15) is 14.0 Å². The smallest absolute Gasteiger partial charge is 0.314 e. The summed E-state index contributed by atoms with van der Waals surface area (Å²) in [6.07, 6.45) is 0. The maximum absolute atomic E-state index is 13.9. The average Bonchev–Trinajstić information content (AvgIpc) is 2.64. The Morgan fingerprint density at radius 1 is 0.963 bits per heavy atom. The van der Waals surface area contributed by atoms with Crippen LogP contribution in [0.15, 0.2) is 53.0 Å². The van der Waals surface area contributed by atoms with E-state index in [0.29, 0.717) is 17.7 Å². The number of benzene rings is 2. The standard InChI is InChI=1S/C20H23BrFN3O2/c1-20(2,16-5-3-4-6-17(16)22)13-25-19(27)24-12-11-23-18(26)14-7-9-15(21)10-8-14/h3-10H,11-13H2,1-2H3,(H,23,26)(H2,24,25,27). The summed E-state index contributed by atoms with van der Waals surface area (Å²) in [7, 11) is 0. The Kier molecular flexibility index (Phi) is 7.36. The maximum atomic E-state index is 13.9. The van der Waals surface area contributed by atoms with Crippen molar-refractivity contribution in [2.24, 2.45) is 0 Å². The second-order valence-electron chi connectivity index (χ2n) is 6.74. The molecule has 0 aliphatic rings. The van der Waals surface area contributed by atoms with Crippen molar-refractivity contribution in [2.75, 3.05) is 19.6 Å². The summed E-state index contributed by atoms with van der Waals surface area (Å²) in [5.74, 6) is -0.495. The zero-order chi connectivity index (χ0) is 19.9. The van der Waals surface area contributed by atoms with Gasteiger partial charge in [-0.25, -0.2) is 9.18 Å². The van der Waals surface area contributed by atoms with Gasteiger partial charge < -0.3 is 16.0 Å². The summed E-state index contributed by atoms with van der Waals surface area (Å²) < 4.78 is 14.8. The molecule has 0 atom stereocenters. The molecule has 5 nitrogen and oxygen atoms in total. The van der Waals surface area contributed by atoms with Crippen LogP contribution in [-0.4, -0.2) is 31.6 Å². The largest absolute Gasteiger partial charge is 0.350 e. The highest BCUT2D eigenvalue weighted by Crippen LogP contribution is 2.24. The topological polar surface area (TPSA) is 70.2 Å². The van der Waals surface area contributed by atoms with E-state index >= 15 is 0 Å². The van der Waals surface area contributed by atoms with Crippen molar-refractivity contribution in [1.82, 2.24) is 16.0 Å². The Hall–Kier alpha value is -2.41. The normalized spacial score (nSPS) is 11.0. The summed E-state index contributed by atoms with van der Waals surface area (Å²) >= 11 is 3.31. The van der Waals surface area contributed by atoms with E-state index in [1.165, 1.54) is 6.07 Å². The van der Waals surface area contributed by atoms with Gasteiger partial charge in [0.1, 0.15) is 5.82 Å². The van der Waals surface area contributed by atoms with Gasteiger partial charge in [-0.05, 0) is 35.9 Å². The molecule has 0 fully saturated rings. The second-order valence-corrected chi connectivity index (χ2v) is 7.65. The molecule has 2 aromatic rings. The first kappa shape index (κ1) is 20.9. The van der Waals surface area contributed by atoms with E-state index in [1.807, 2.05) is 13.8 Å². The van der Waals surface area contributed by atoms with E-state index in [-0.39, 0.29) is 30.8 Å². The van der Waals surface area contributed by atoms with Crippen molar-refractivity contribution in [3.05, 3.63) is 69.9 Å². The highest BCUT2D eigenvalue weighted by molar-refractivity contribution is 9.10. The van der Waals surface area contributed by atoms with Crippen LogP contribution in [0.1, 0.15) is 29.8 Å². The summed E-state index contributed by atoms with van der Waals surface area (Å²) in [6.45, 7) is 4.60. The van der Waals surface area contributed by atoms with Crippen molar-refractivity contribution >= 4 is 27.9 Å². The monoisotopic (exact) mass is 435 g/mol. The van der Waals surface area contributed by atoms with Gasteiger partial charge in [0, 0.05) is 35.1 Å². The lowest BCUT2D eigenvalue weighted by atomic mass is 9.84. The molecule has 0 aliphatic heterocycles. The number of carbonyl (C=O) groups excluding carboxylic acids is 2. The van der Waals surface area contributed by atoms with E-state index in [4.69, 9.17) is 0 Å². The number of hydrogen-bond acceptors (Lipinski definition) is 2. The number of rotatable bonds is 7. The van der Waals surface area contributed by atoms with Crippen LogP contribution < -0.4 is 16.0 Å². The van der Waals surface area contributed by atoms with Gasteiger partial charge >= 0.3 is 6.03 Å². The fraction of sp³-hybridized carbons (Fsp3) is 0.300. The van der Waals surface area contributed by atoms with E-state index in [1.54, 1.807) is 42.5 Å². The van der Waals surface area contributed by atoms with Crippen molar-refractivity contribution < 1.29 is 14.0 Å². The average molecular weight is 436 g/mol. The zero-order valence-electron chi connectivity index (χ0n) is 15.3. The van der Waals surface area contributed by atoms with Crippen molar-refractivity contribution in [3.8, 4) is 0 Å². The van der Waals surface area contributed by atoms with Gasteiger partial charge in [0.05, 0.1) is 0 Å². The van der Waals surface area contributed by atoms with Crippen LogP contribution in [0.25, 0.3) is 0 Å². The van der Waals surface area contributed by atoms with E-state index in [2.05, 4.69) is 31.9 Å². The van der Waals surface area contributed by atoms with Crippen LogP contribution in [0.4, 0.5) is 9.18 Å². The summed E-state index contributed by atoms with van der Waals surface area (Å²) in [4.78, 5) is 23.9. The Labute approximate surface area is 166 Å². The first-order chi connectivity index (χ1) is 12.8. The Morgan fingerprint density at radius 3 is 2.26 bits per heavy atom. The minimum atomic E-state index is -0.543. The molecular formula is C20H23BrFN3O2. The molecule has 7 heteroatoms. The van der Waals surface area contributed by atoms with Crippen LogP contribution in [0.2, 0.25) is 0 Å². The molecular weight excluding hydrogens is 413 g/mol. The minimum absolute atomic E-state index is 0.203. The second kappa shape index (κ2) is 9.50. The van der Waals surface area contributed by atoms with E-state index in [0.717, 1.165) is 4.47 Å². The van der Waals surface area contributed by atoms with Crippen LogP contribution in [0.5, 0.6) is 0 Å². The molecule has 0 saturated carbocycles. The molecule has 0 bridgehead atoms. The number of nitrogens with one attached hydrogen (secondary N) is 3. The fourth-order valence-electron chi connectivity index (χ4n) is 2.52. The molecule has 3 amide bonds. The molecule has 2 aromatic carbocycles. The quantitative estimate of drug-likeness (QED) is 0.581. The number of urea groups is 1.